The molecule has 18 heavy (non-hydrogen) atoms. The van der Waals surface area contributed by atoms with Crippen molar-refractivity contribution in [2.45, 2.75) is 24.9 Å². The molecule has 1 aliphatic heterocycles. The third kappa shape index (κ3) is 1.98. The molecule has 1 N–H and O–H groups in total. The van der Waals surface area contributed by atoms with E-state index in [4.69, 9.17) is 0 Å². The standard InChI is InChI=1S/C12H10F3NO2/c1-11(6-9(17)16-10(11)18)7-3-2-4-8(5-7)12(13,14)15/h2-5H,6H2,1H3,(H,16,17,18). The van der Waals surface area contributed by atoms with Crippen LogP contribution in [0.25, 0.3) is 0 Å². The molecule has 0 bridgehead atoms. The van der Waals surface area contributed by atoms with Gasteiger partial charge in [0.2, 0.25) is 11.8 Å². The first-order valence-corrected chi connectivity index (χ1v) is 5.25. The Morgan fingerprint density at radius 2 is 1.94 bits per heavy atom. The van der Waals surface area contributed by atoms with Crippen LogP contribution in [0.2, 0.25) is 0 Å². The third-order valence-electron chi connectivity index (χ3n) is 3.10. The normalized spacial score (nSPS) is 24.2. The molecule has 0 radical (unpaired) electrons. The van der Waals surface area contributed by atoms with Gasteiger partial charge in [0.15, 0.2) is 0 Å². The maximum absolute atomic E-state index is 12.6. The number of carbonyl (C=O) groups excluding carboxylic acids is 2. The predicted molar refractivity (Wildman–Crippen MR) is 56.6 cm³/mol. The summed E-state index contributed by atoms with van der Waals surface area (Å²) in [6, 6.07) is 4.51. The van der Waals surface area contributed by atoms with E-state index < -0.39 is 29.0 Å². The summed E-state index contributed by atoms with van der Waals surface area (Å²) in [4.78, 5) is 22.8. The van der Waals surface area contributed by atoms with E-state index in [0.717, 1.165) is 12.1 Å². The van der Waals surface area contributed by atoms with Crippen molar-refractivity contribution in [2.75, 3.05) is 0 Å². The lowest BCUT2D eigenvalue weighted by Crippen LogP contribution is -2.32. The van der Waals surface area contributed by atoms with E-state index in [2.05, 4.69) is 5.32 Å². The monoisotopic (exact) mass is 257 g/mol. The van der Waals surface area contributed by atoms with Crippen LogP contribution >= 0.6 is 0 Å². The van der Waals surface area contributed by atoms with Crippen molar-refractivity contribution in [2.24, 2.45) is 0 Å². The molecule has 1 atom stereocenters. The van der Waals surface area contributed by atoms with E-state index in [1.54, 1.807) is 0 Å². The Balaban J connectivity index is 2.46. The van der Waals surface area contributed by atoms with Gasteiger partial charge in [0, 0.05) is 6.42 Å². The summed E-state index contributed by atoms with van der Waals surface area (Å²) in [5.41, 5.74) is -1.85. The van der Waals surface area contributed by atoms with Crippen molar-refractivity contribution in [3.05, 3.63) is 35.4 Å². The van der Waals surface area contributed by atoms with Crippen molar-refractivity contribution >= 4 is 11.8 Å². The zero-order chi connectivity index (χ0) is 13.6. The molecule has 0 aliphatic carbocycles. The minimum Gasteiger partial charge on any atom is -0.296 e. The number of hydrogen-bond acceptors (Lipinski definition) is 2. The molecule has 1 saturated heterocycles. The smallest absolute Gasteiger partial charge is 0.296 e. The molecule has 1 heterocycles. The summed E-state index contributed by atoms with van der Waals surface area (Å²) in [7, 11) is 0. The fourth-order valence-corrected chi connectivity index (χ4v) is 1.98. The number of nitrogens with one attached hydrogen (secondary N) is 1. The summed E-state index contributed by atoms with van der Waals surface area (Å²) in [6.45, 7) is 1.46. The maximum Gasteiger partial charge on any atom is 0.416 e. The quantitative estimate of drug-likeness (QED) is 0.782. The highest BCUT2D eigenvalue weighted by Crippen LogP contribution is 2.36. The van der Waals surface area contributed by atoms with Gasteiger partial charge in [-0.25, -0.2) is 0 Å². The maximum atomic E-state index is 12.6. The highest BCUT2D eigenvalue weighted by Gasteiger charge is 2.44. The van der Waals surface area contributed by atoms with Crippen LogP contribution in [-0.4, -0.2) is 11.8 Å². The molecule has 1 aromatic rings. The zero-order valence-electron chi connectivity index (χ0n) is 9.47. The molecule has 1 fully saturated rings. The minimum atomic E-state index is -4.47. The van der Waals surface area contributed by atoms with Crippen LogP contribution in [0.3, 0.4) is 0 Å². The SMILES string of the molecule is CC1(c2cccc(C(F)(F)F)c2)CC(=O)NC1=O. The van der Waals surface area contributed by atoms with Crippen LogP contribution in [0, 0.1) is 0 Å². The number of alkyl halides is 3. The number of benzene rings is 1. The van der Waals surface area contributed by atoms with Gasteiger partial charge in [-0.2, -0.15) is 13.2 Å². The number of halogens is 3. The molecular weight excluding hydrogens is 247 g/mol. The van der Waals surface area contributed by atoms with Crippen molar-refractivity contribution in [3.63, 3.8) is 0 Å². The van der Waals surface area contributed by atoms with Crippen molar-refractivity contribution in [1.29, 1.82) is 0 Å². The lowest BCUT2D eigenvalue weighted by Gasteiger charge is -2.21. The van der Waals surface area contributed by atoms with E-state index in [1.807, 2.05) is 0 Å². The van der Waals surface area contributed by atoms with Gasteiger partial charge in [-0.15, -0.1) is 0 Å². The van der Waals surface area contributed by atoms with Gasteiger partial charge < -0.3 is 0 Å². The van der Waals surface area contributed by atoms with Crippen LogP contribution in [0.5, 0.6) is 0 Å². The Morgan fingerprint density at radius 1 is 1.28 bits per heavy atom. The van der Waals surface area contributed by atoms with E-state index in [0.29, 0.717) is 0 Å². The summed E-state index contributed by atoms with van der Waals surface area (Å²) in [5, 5.41) is 2.10. The highest BCUT2D eigenvalue weighted by atomic mass is 19.4. The van der Waals surface area contributed by atoms with Gasteiger partial charge >= 0.3 is 6.18 Å². The van der Waals surface area contributed by atoms with Crippen LogP contribution in [0.4, 0.5) is 13.2 Å². The summed E-state index contributed by atoms with van der Waals surface area (Å²) < 4.78 is 37.8. The van der Waals surface area contributed by atoms with Crippen LogP contribution in [0.1, 0.15) is 24.5 Å². The number of rotatable bonds is 1. The first-order chi connectivity index (χ1) is 8.23. The molecule has 2 amide bonds. The van der Waals surface area contributed by atoms with Crippen molar-refractivity contribution < 1.29 is 22.8 Å². The topological polar surface area (TPSA) is 46.2 Å². The first-order valence-electron chi connectivity index (χ1n) is 5.25. The molecule has 6 heteroatoms. The number of amides is 2. The van der Waals surface area contributed by atoms with Crippen molar-refractivity contribution in [1.82, 2.24) is 5.32 Å². The van der Waals surface area contributed by atoms with E-state index in [-0.39, 0.29) is 12.0 Å². The average molecular weight is 257 g/mol. The molecule has 0 aromatic heterocycles. The second kappa shape index (κ2) is 3.83. The Kier molecular flexibility index (Phi) is 2.68. The number of hydrogen-bond donors (Lipinski definition) is 1. The second-order valence-corrected chi connectivity index (χ2v) is 4.46. The number of carbonyl (C=O) groups is 2. The van der Waals surface area contributed by atoms with E-state index in [1.165, 1.54) is 19.1 Å². The first kappa shape index (κ1) is 12.6. The van der Waals surface area contributed by atoms with E-state index in [9.17, 15) is 22.8 Å². The van der Waals surface area contributed by atoms with Gasteiger partial charge in [-0.1, -0.05) is 18.2 Å². The van der Waals surface area contributed by atoms with Crippen molar-refractivity contribution in [3.8, 4) is 0 Å². The molecule has 2 rings (SSSR count). The Hall–Kier alpha value is -1.85. The summed E-state index contributed by atoms with van der Waals surface area (Å²) >= 11 is 0. The average Bonchev–Trinajstić information content (AvgIpc) is 2.53. The predicted octanol–water partition coefficient (Wildman–Crippen LogP) is 2.01. The van der Waals surface area contributed by atoms with Crippen LogP contribution in [-0.2, 0) is 21.2 Å². The largest absolute Gasteiger partial charge is 0.416 e. The summed E-state index contributed by atoms with van der Waals surface area (Å²) in [5.74, 6) is -1.04. The second-order valence-electron chi connectivity index (χ2n) is 4.46. The van der Waals surface area contributed by atoms with Gasteiger partial charge in [0.05, 0.1) is 11.0 Å². The molecule has 0 saturated carbocycles. The highest BCUT2D eigenvalue weighted by molar-refractivity contribution is 6.08. The summed E-state index contributed by atoms with van der Waals surface area (Å²) in [6.07, 6.45) is -4.60. The molecule has 1 unspecified atom stereocenters. The zero-order valence-corrected chi connectivity index (χ0v) is 9.47. The van der Waals surface area contributed by atoms with Gasteiger partial charge in [0.25, 0.3) is 0 Å². The minimum absolute atomic E-state index is 0.132. The lowest BCUT2D eigenvalue weighted by atomic mass is 9.80. The third-order valence-corrected chi connectivity index (χ3v) is 3.10. The van der Waals surface area contributed by atoms with E-state index >= 15 is 0 Å². The fraction of sp³-hybridized carbons (Fsp3) is 0.333. The molecular formula is C12H10F3NO2. The lowest BCUT2D eigenvalue weighted by molar-refractivity contribution is -0.138. The van der Waals surface area contributed by atoms with Crippen LogP contribution < -0.4 is 5.32 Å². The molecule has 1 aliphatic rings. The Labute approximate surface area is 101 Å². The molecule has 96 valence electrons. The molecule has 1 aromatic carbocycles. The molecule has 0 spiro atoms. The number of imide groups is 1. The van der Waals surface area contributed by atoms with Gasteiger partial charge in [-0.05, 0) is 18.6 Å². The Bertz CT molecular complexity index is 524. The Morgan fingerprint density at radius 3 is 2.44 bits per heavy atom. The van der Waals surface area contributed by atoms with Crippen LogP contribution in [0.15, 0.2) is 24.3 Å². The van der Waals surface area contributed by atoms with Gasteiger partial charge in [-0.3, -0.25) is 14.9 Å². The molecule has 3 nitrogen and oxygen atoms in total. The fourth-order valence-electron chi connectivity index (χ4n) is 1.98. The van der Waals surface area contributed by atoms with Gasteiger partial charge in [0.1, 0.15) is 0 Å².